The Hall–Kier alpha value is -3.65. The van der Waals surface area contributed by atoms with E-state index in [2.05, 4.69) is 56.6 Å². The van der Waals surface area contributed by atoms with Gasteiger partial charge in [-0.3, -0.25) is 9.78 Å². The van der Waals surface area contributed by atoms with E-state index in [1.54, 1.807) is 18.5 Å². The highest BCUT2D eigenvalue weighted by Gasteiger charge is 2.27. The van der Waals surface area contributed by atoms with Gasteiger partial charge in [-0.1, -0.05) is 13.8 Å². The molecule has 0 radical (unpaired) electrons. The summed E-state index contributed by atoms with van der Waals surface area (Å²) in [7, 11) is 0. The maximum Gasteiger partial charge on any atom is 0.273 e. The minimum absolute atomic E-state index is 0.249. The van der Waals surface area contributed by atoms with Gasteiger partial charge in [0.25, 0.3) is 5.91 Å². The third-order valence-corrected chi connectivity index (χ3v) is 5.66. The first-order chi connectivity index (χ1) is 16.0. The molecule has 0 aliphatic carbocycles. The molecule has 0 saturated carbocycles. The summed E-state index contributed by atoms with van der Waals surface area (Å²) in [6, 6.07) is 5.79. The molecule has 4 rings (SSSR count). The Morgan fingerprint density at radius 1 is 1.12 bits per heavy atom. The maximum absolute atomic E-state index is 12.5. The molecule has 3 aromatic heterocycles. The van der Waals surface area contributed by atoms with E-state index in [4.69, 9.17) is 0 Å². The van der Waals surface area contributed by atoms with Crippen LogP contribution in [-0.2, 0) is 17.8 Å². The van der Waals surface area contributed by atoms with Gasteiger partial charge in [-0.25, -0.2) is 15.4 Å². The largest absolute Gasteiger partial charge is 0.359 e. The van der Waals surface area contributed by atoms with Crippen LogP contribution >= 0.6 is 0 Å². The van der Waals surface area contributed by atoms with Gasteiger partial charge < -0.3 is 10.3 Å². The first kappa shape index (κ1) is 22.5. The molecular formula is C25H29N7O. The Bertz CT molecular complexity index is 1160. The predicted octanol–water partition coefficient (Wildman–Crippen LogP) is 3.27. The van der Waals surface area contributed by atoms with Crippen LogP contribution in [0.15, 0.2) is 53.7 Å². The fourth-order valence-electron chi connectivity index (χ4n) is 4.13. The van der Waals surface area contributed by atoms with Gasteiger partial charge in [-0.05, 0) is 73.2 Å². The van der Waals surface area contributed by atoms with Crippen molar-refractivity contribution in [2.45, 2.75) is 46.1 Å². The standard InChI is InChI=1S/C25H29N7O/c1-16(2)22-19(6-4-9-27-15-18-7-12-26-13-8-18)17(3)30-21(22)14-20-23(31-32-25(20)33)24-28-10-5-11-29-24/h5,7-8,10-14,16,27,30H,4,6,9,15H2,1-3H3,(H,32,33). The van der Waals surface area contributed by atoms with Crippen LogP contribution in [0.5, 0.6) is 0 Å². The number of hydrazone groups is 1. The van der Waals surface area contributed by atoms with Crippen LogP contribution < -0.4 is 10.7 Å². The quantitative estimate of drug-likeness (QED) is 0.347. The molecule has 0 fully saturated rings. The van der Waals surface area contributed by atoms with Crippen LogP contribution in [0.3, 0.4) is 0 Å². The number of aryl methyl sites for hydroxylation is 1. The highest BCUT2D eigenvalue weighted by molar-refractivity contribution is 6.32. The summed E-state index contributed by atoms with van der Waals surface area (Å²) >= 11 is 0. The van der Waals surface area contributed by atoms with E-state index in [9.17, 15) is 4.79 Å². The fraction of sp³-hybridized carbons (Fsp3) is 0.320. The van der Waals surface area contributed by atoms with E-state index in [1.807, 2.05) is 30.6 Å². The number of pyridine rings is 1. The topological polar surface area (TPSA) is 108 Å². The van der Waals surface area contributed by atoms with E-state index in [-0.39, 0.29) is 5.91 Å². The van der Waals surface area contributed by atoms with Crippen molar-refractivity contribution in [3.63, 3.8) is 0 Å². The summed E-state index contributed by atoms with van der Waals surface area (Å²) in [4.78, 5) is 28.6. The van der Waals surface area contributed by atoms with Crippen LogP contribution in [0.4, 0.5) is 0 Å². The lowest BCUT2D eigenvalue weighted by Crippen LogP contribution is -2.15. The minimum Gasteiger partial charge on any atom is -0.359 e. The first-order valence-corrected chi connectivity index (χ1v) is 11.2. The number of carbonyl (C=O) groups is 1. The number of nitrogens with zero attached hydrogens (tertiary/aromatic N) is 4. The molecule has 0 spiro atoms. The highest BCUT2D eigenvalue weighted by Crippen LogP contribution is 2.30. The van der Waals surface area contributed by atoms with Gasteiger partial charge in [0.15, 0.2) is 5.82 Å². The third-order valence-electron chi connectivity index (χ3n) is 5.66. The third kappa shape index (κ3) is 5.23. The van der Waals surface area contributed by atoms with Gasteiger partial charge >= 0.3 is 0 Å². The van der Waals surface area contributed by atoms with E-state index in [0.717, 1.165) is 37.3 Å². The van der Waals surface area contributed by atoms with Crippen molar-refractivity contribution >= 4 is 17.7 Å². The normalized spacial score (nSPS) is 14.7. The molecule has 1 aliphatic heterocycles. The van der Waals surface area contributed by atoms with Crippen molar-refractivity contribution in [1.82, 2.24) is 30.7 Å². The second-order valence-corrected chi connectivity index (χ2v) is 8.38. The molecule has 33 heavy (non-hydrogen) atoms. The maximum atomic E-state index is 12.5. The smallest absolute Gasteiger partial charge is 0.273 e. The lowest BCUT2D eigenvalue weighted by molar-refractivity contribution is -0.116. The Balaban J connectivity index is 1.50. The van der Waals surface area contributed by atoms with Crippen LogP contribution in [0, 0.1) is 6.92 Å². The SMILES string of the molecule is Cc1[nH]c(C=C2C(=O)NN=C2c2ncccn2)c(C(C)C)c1CCCNCc1ccncc1. The summed E-state index contributed by atoms with van der Waals surface area (Å²) in [5, 5.41) is 7.66. The zero-order valence-electron chi connectivity index (χ0n) is 19.2. The molecule has 0 saturated heterocycles. The molecule has 8 heteroatoms. The zero-order chi connectivity index (χ0) is 23.2. The van der Waals surface area contributed by atoms with Gasteiger partial charge in [0.1, 0.15) is 5.71 Å². The van der Waals surface area contributed by atoms with Crippen molar-refractivity contribution < 1.29 is 4.79 Å². The minimum atomic E-state index is -0.249. The number of H-pyrrole nitrogens is 1. The molecule has 3 aromatic rings. The molecule has 0 unspecified atom stereocenters. The van der Waals surface area contributed by atoms with Gasteiger partial charge in [0.05, 0.1) is 5.57 Å². The van der Waals surface area contributed by atoms with E-state index >= 15 is 0 Å². The fourth-order valence-corrected chi connectivity index (χ4v) is 4.13. The van der Waals surface area contributed by atoms with Crippen molar-refractivity contribution in [3.8, 4) is 0 Å². The Morgan fingerprint density at radius 2 is 1.88 bits per heavy atom. The number of aromatic amines is 1. The molecule has 1 aliphatic rings. The monoisotopic (exact) mass is 443 g/mol. The number of aromatic nitrogens is 4. The highest BCUT2D eigenvalue weighted by atomic mass is 16.2. The summed E-state index contributed by atoms with van der Waals surface area (Å²) in [5.41, 5.74) is 9.33. The lowest BCUT2D eigenvalue weighted by atomic mass is 9.93. The summed E-state index contributed by atoms with van der Waals surface area (Å²) < 4.78 is 0. The lowest BCUT2D eigenvalue weighted by Gasteiger charge is -2.11. The number of amides is 1. The average molecular weight is 444 g/mol. The van der Waals surface area contributed by atoms with Gasteiger partial charge in [0, 0.05) is 42.7 Å². The van der Waals surface area contributed by atoms with Crippen molar-refractivity contribution in [2.24, 2.45) is 5.10 Å². The molecule has 3 N–H and O–H groups in total. The van der Waals surface area contributed by atoms with Gasteiger partial charge in [-0.2, -0.15) is 5.10 Å². The second kappa shape index (κ2) is 10.3. The van der Waals surface area contributed by atoms with Crippen LogP contribution in [-0.4, -0.2) is 38.1 Å². The number of nitrogens with one attached hydrogen (secondary N) is 3. The van der Waals surface area contributed by atoms with E-state index in [0.29, 0.717) is 23.0 Å². The Labute approximate surface area is 193 Å². The summed E-state index contributed by atoms with van der Waals surface area (Å²) in [6.45, 7) is 8.21. The second-order valence-electron chi connectivity index (χ2n) is 8.38. The Morgan fingerprint density at radius 3 is 2.61 bits per heavy atom. The number of hydrogen-bond acceptors (Lipinski definition) is 6. The molecular weight excluding hydrogens is 414 g/mol. The van der Waals surface area contributed by atoms with Gasteiger partial charge in [0.2, 0.25) is 0 Å². The molecule has 1 amide bonds. The van der Waals surface area contributed by atoms with Crippen LogP contribution in [0.25, 0.3) is 6.08 Å². The number of hydrogen-bond donors (Lipinski definition) is 3. The molecule has 0 bridgehead atoms. The van der Waals surface area contributed by atoms with E-state index in [1.165, 1.54) is 16.7 Å². The predicted molar refractivity (Wildman–Crippen MR) is 129 cm³/mol. The first-order valence-electron chi connectivity index (χ1n) is 11.2. The Kier molecular flexibility index (Phi) is 7.04. The number of rotatable bonds is 9. The number of carbonyl (C=O) groups excluding carboxylic acids is 1. The summed E-state index contributed by atoms with van der Waals surface area (Å²) in [6.07, 6.45) is 10.8. The average Bonchev–Trinajstić information content (AvgIpc) is 3.34. The molecule has 4 heterocycles. The van der Waals surface area contributed by atoms with E-state index < -0.39 is 0 Å². The van der Waals surface area contributed by atoms with Crippen LogP contribution in [0.1, 0.15) is 60.1 Å². The summed E-state index contributed by atoms with van der Waals surface area (Å²) in [5.74, 6) is 0.484. The van der Waals surface area contributed by atoms with Crippen LogP contribution in [0.2, 0.25) is 0 Å². The molecule has 8 nitrogen and oxygen atoms in total. The van der Waals surface area contributed by atoms with Crippen molar-refractivity contribution in [3.05, 3.63) is 82.5 Å². The zero-order valence-corrected chi connectivity index (χ0v) is 19.2. The molecule has 170 valence electrons. The van der Waals surface area contributed by atoms with Gasteiger partial charge in [-0.15, -0.1) is 0 Å². The van der Waals surface area contributed by atoms with Crippen molar-refractivity contribution in [1.29, 1.82) is 0 Å². The molecule has 0 atom stereocenters. The van der Waals surface area contributed by atoms with Crippen molar-refractivity contribution in [2.75, 3.05) is 6.54 Å². The molecule has 0 aromatic carbocycles.